The van der Waals surface area contributed by atoms with Crippen molar-refractivity contribution in [3.63, 3.8) is 0 Å². The molecule has 1 aromatic rings. The number of aliphatic imine (C=N–C) groups is 1. The SMILES string of the molecule is CCCN1CCC(NC(=NC)NCc2ccc(N3CCN(CC)CC3)c(F)c2)CC1. The summed E-state index contributed by atoms with van der Waals surface area (Å²) in [5.41, 5.74) is 1.65. The summed E-state index contributed by atoms with van der Waals surface area (Å²) in [6.07, 6.45) is 3.48. The second-order valence-corrected chi connectivity index (χ2v) is 8.39. The third kappa shape index (κ3) is 6.32. The Balaban J connectivity index is 1.47. The van der Waals surface area contributed by atoms with Gasteiger partial charge in [0.2, 0.25) is 0 Å². The van der Waals surface area contributed by atoms with E-state index in [9.17, 15) is 4.39 Å². The summed E-state index contributed by atoms with van der Waals surface area (Å²) >= 11 is 0. The Labute approximate surface area is 181 Å². The maximum Gasteiger partial charge on any atom is 0.191 e. The molecule has 7 heteroatoms. The van der Waals surface area contributed by atoms with Crippen LogP contribution in [-0.2, 0) is 6.54 Å². The number of nitrogens with one attached hydrogen (secondary N) is 2. The number of piperidine rings is 1. The maximum atomic E-state index is 14.8. The first-order valence-electron chi connectivity index (χ1n) is 11.6. The molecule has 2 aliphatic heterocycles. The van der Waals surface area contributed by atoms with E-state index < -0.39 is 0 Å². The maximum absolute atomic E-state index is 14.8. The standard InChI is InChI=1S/C23H39FN6/c1-4-10-29-11-8-20(9-12-29)27-23(25-3)26-18-19-6-7-22(21(24)17-19)30-15-13-28(5-2)14-16-30/h6-7,17,20H,4-5,8-16,18H2,1-3H3,(H2,25,26,27). The summed E-state index contributed by atoms with van der Waals surface area (Å²) < 4.78 is 14.8. The predicted octanol–water partition coefficient (Wildman–Crippen LogP) is 2.51. The van der Waals surface area contributed by atoms with Gasteiger partial charge in [0.25, 0.3) is 0 Å². The van der Waals surface area contributed by atoms with Crippen molar-refractivity contribution < 1.29 is 4.39 Å². The molecule has 0 amide bonds. The fourth-order valence-corrected chi connectivity index (χ4v) is 4.41. The van der Waals surface area contributed by atoms with Crippen LogP contribution in [0.3, 0.4) is 0 Å². The Bertz CT molecular complexity index is 678. The summed E-state index contributed by atoms with van der Waals surface area (Å²) in [6.45, 7) is 13.3. The average Bonchev–Trinajstić information content (AvgIpc) is 2.78. The van der Waals surface area contributed by atoms with Gasteiger partial charge in [-0.1, -0.05) is 19.9 Å². The number of rotatable bonds is 7. The van der Waals surface area contributed by atoms with Gasteiger partial charge in [0.05, 0.1) is 5.69 Å². The van der Waals surface area contributed by atoms with E-state index in [1.165, 1.54) is 13.0 Å². The highest BCUT2D eigenvalue weighted by Gasteiger charge is 2.20. The summed E-state index contributed by atoms with van der Waals surface area (Å²) in [7, 11) is 1.79. The molecule has 0 atom stereocenters. The number of benzene rings is 1. The zero-order chi connectivity index (χ0) is 21.3. The quantitative estimate of drug-likeness (QED) is 0.526. The van der Waals surface area contributed by atoms with Crippen molar-refractivity contribution in [3.8, 4) is 0 Å². The molecular formula is C23H39FN6. The summed E-state index contributed by atoms with van der Waals surface area (Å²) in [5.74, 6) is 0.662. The van der Waals surface area contributed by atoms with Crippen LogP contribution in [0.4, 0.5) is 10.1 Å². The fourth-order valence-electron chi connectivity index (χ4n) is 4.41. The molecule has 6 nitrogen and oxygen atoms in total. The molecule has 2 saturated heterocycles. The highest BCUT2D eigenvalue weighted by Crippen LogP contribution is 2.22. The van der Waals surface area contributed by atoms with Gasteiger partial charge in [-0.15, -0.1) is 0 Å². The number of nitrogens with zero attached hydrogens (tertiary/aromatic N) is 4. The monoisotopic (exact) mass is 418 g/mol. The first-order chi connectivity index (χ1) is 14.6. The van der Waals surface area contributed by atoms with Crippen LogP contribution in [0.15, 0.2) is 23.2 Å². The average molecular weight is 419 g/mol. The Morgan fingerprint density at radius 3 is 2.40 bits per heavy atom. The van der Waals surface area contributed by atoms with Gasteiger partial charge in [0.1, 0.15) is 5.82 Å². The van der Waals surface area contributed by atoms with E-state index in [1.807, 2.05) is 12.1 Å². The summed E-state index contributed by atoms with van der Waals surface area (Å²) in [6, 6.07) is 6.05. The molecule has 30 heavy (non-hydrogen) atoms. The van der Waals surface area contributed by atoms with Gasteiger partial charge in [-0.3, -0.25) is 4.99 Å². The molecule has 0 spiro atoms. The lowest BCUT2D eigenvalue weighted by molar-refractivity contribution is 0.206. The minimum atomic E-state index is -0.134. The normalized spacial score (nSPS) is 19.9. The molecule has 0 radical (unpaired) electrons. The molecule has 0 bridgehead atoms. The molecule has 3 rings (SSSR count). The molecule has 2 heterocycles. The third-order valence-corrected chi connectivity index (χ3v) is 6.32. The lowest BCUT2D eigenvalue weighted by atomic mass is 10.1. The largest absolute Gasteiger partial charge is 0.367 e. The smallest absolute Gasteiger partial charge is 0.191 e. The number of likely N-dealkylation sites (tertiary alicyclic amines) is 1. The van der Waals surface area contributed by atoms with Crippen molar-refractivity contribution in [2.45, 2.75) is 45.7 Å². The molecule has 2 aliphatic rings. The zero-order valence-corrected chi connectivity index (χ0v) is 19.0. The molecule has 0 unspecified atom stereocenters. The van der Waals surface area contributed by atoms with Crippen LogP contribution in [0, 0.1) is 5.82 Å². The highest BCUT2D eigenvalue weighted by molar-refractivity contribution is 5.80. The second kappa shape index (κ2) is 11.5. The van der Waals surface area contributed by atoms with Crippen LogP contribution in [-0.4, -0.2) is 81.2 Å². The molecule has 168 valence electrons. The van der Waals surface area contributed by atoms with Crippen molar-refractivity contribution in [3.05, 3.63) is 29.6 Å². The number of likely N-dealkylation sites (N-methyl/N-ethyl adjacent to an activating group) is 1. The number of guanidine groups is 1. The van der Waals surface area contributed by atoms with Crippen LogP contribution in [0.2, 0.25) is 0 Å². The fraction of sp³-hybridized carbons (Fsp3) is 0.696. The van der Waals surface area contributed by atoms with Crippen molar-refractivity contribution in [1.82, 2.24) is 20.4 Å². The van der Waals surface area contributed by atoms with Crippen LogP contribution >= 0.6 is 0 Å². The van der Waals surface area contributed by atoms with E-state index in [2.05, 4.69) is 44.2 Å². The van der Waals surface area contributed by atoms with Gasteiger partial charge in [-0.05, 0) is 50.0 Å². The molecule has 0 aliphatic carbocycles. The molecule has 2 N–H and O–H groups in total. The molecule has 1 aromatic carbocycles. The molecule has 0 saturated carbocycles. The van der Waals surface area contributed by atoms with E-state index in [4.69, 9.17) is 0 Å². The highest BCUT2D eigenvalue weighted by atomic mass is 19.1. The summed E-state index contributed by atoms with van der Waals surface area (Å²) in [4.78, 5) is 11.4. The van der Waals surface area contributed by atoms with E-state index in [0.717, 1.165) is 75.9 Å². The zero-order valence-electron chi connectivity index (χ0n) is 19.0. The molecular weight excluding hydrogens is 379 g/mol. The number of piperazine rings is 1. The van der Waals surface area contributed by atoms with Gasteiger partial charge in [-0.25, -0.2) is 4.39 Å². The lowest BCUT2D eigenvalue weighted by Gasteiger charge is -2.35. The molecule has 2 fully saturated rings. The minimum absolute atomic E-state index is 0.134. The van der Waals surface area contributed by atoms with Crippen molar-refractivity contribution in [2.24, 2.45) is 4.99 Å². The van der Waals surface area contributed by atoms with Gasteiger partial charge >= 0.3 is 0 Å². The van der Waals surface area contributed by atoms with E-state index in [1.54, 1.807) is 13.1 Å². The van der Waals surface area contributed by atoms with Crippen molar-refractivity contribution in [1.29, 1.82) is 0 Å². The van der Waals surface area contributed by atoms with Gasteiger partial charge < -0.3 is 25.3 Å². The topological polar surface area (TPSA) is 46.1 Å². The number of anilines is 1. The second-order valence-electron chi connectivity index (χ2n) is 8.39. The first kappa shape index (κ1) is 22.8. The summed E-state index contributed by atoms with van der Waals surface area (Å²) in [5, 5.41) is 6.88. The van der Waals surface area contributed by atoms with E-state index in [0.29, 0.717) is 12.6 Å². The molecule has 0 aromatic heterocycles. The van der Waals surface area contributed by atoms with Crippen LogP contribution in [0.5, 0.6) is 0 Å². The van der Waals surface area contributed by atoms with Crippen LogP contribution < -0.4 is 15.5 Å². The van der Waals surface area contributed by atoms with E-state index >= 15 is 0 Å². The Hall–Kier alpha value is -1.86. The Kier molecular flexibility index (Phi) is 8.75. The van der Waals surface area contributed by atoms with Crippen molar-refractivity contribution in [2.75, 3.05) is 64.3 Å². The van der Waals surface area contributed by atoms with E-state index in [-0.39, 0.29) is 5.82 Å². The number of hydrogen-bond donors (Lipinski definition) is 2. The Morgan fingerprint density at radius 2 is 1.80 bits per heavy atom. The van der Waals surface area contributed by atoms with Gasteiger partial charge in [-0.2, -0.15) is 0 Å². The van der Waals surface area contributed by atoms with Crippen LogP contribution in [0.25, 0.3) is 0 Å². The predicted molar refractivity (Wildman–Crippen MR) is 124 cm³/mol. The Morgan fingerprint density at radius 1 is 1.07 bits per heavy atom. The van der Waals surface area contributed by atoms with Gasteiger partial charge in [0, 0.05) is 58.9 Å². The van der Waals surface area contributed by atoms with Crippen LogP contribution in [0.1, 0.15) is 38.7 Å². The van der Waals surface area contributed by atoms with Crippen molar-refractivity contribution >= 4 is 11.6 Å². The third-order valence-electron chi connectivity index (χ3n) is 6.32. The number of hydrogen-bond acceptors (Lipinski definition) is 4. The van der Waals surface area contributed by atoms with Gasteiger partial charge in [0.15, 0.2) is 5.96 Å². The number of halogens is 1. The minimum Gasteiger partial charge on any atom is -0.367 e. The lowest BCUT2D eigenvalue weighted by Crippen LogP contribution is -2.48. The first-order valence-corrected chi connectivity index (χ1v) is 11.6.